The van der Waals surface area contributed by atoms with Gasteiger partial charge >= 0.3 is 0 Å². The molecule has 2 N–H and O–H groups in total. The summed E-state index contributed by atoms with van der Waals surface area (Å²) < 4.78 is 0. The fourth-order valence-electron chi connectivity index (χ4n) is 3.31. The molecule has 2 unspecified atom stereocenters. The maximum Gasteiger partial charge on any atom is 0.222 e. The summed E-state index contributed by atoms with van der Waals surface area (Å²) in [5.41, 5.74) is 2.72. The summed E-state index contributed by atoms with van der Waals surface area (Å²) in [5.74, 6) is 0.195. The molecular weight excluding hydrogens is 236 g/mol. The van der Waals surface area contributed by atoms with Crippen molar-refractivity contribution < 1.29 is 4.79 Å². The lowest BCUT2D eigenvalue weighted by atomic mass is 9.87. The Bertz CT molecular complexity index is 452. The van der Waals surface area contributed by atoms with Crippen molar-refractivity contribution in [2.45, 2.75) is 50.6 Å². The average Bonchev–Trinajstić information content (AvgIpc) is 2.92. The lowest BCUT2D eigenvalue weighted by Crippen LogP contribution is -2.35. The van der Waals surface area contributed by atoms with Gasteiger partial charge in [-0.1, -0.05) is 24.3 Å². The second-order valence-corrected chi connectivity index (χ2v) is 5.71. The lowest BCUT2D eigenvalue weighted by molar-refractivity contribution is -0.122. The van der Waals surface area contributed by atoms with E-state index in [4.69, 9.17) is 0 Å². The number of hydrogen-bond donors (Lipinski definition) is 2. The molecule has 0 bridgehead atoms. The van der Waals surface area contributed by atoms with Crippen molar-refractivity contribution in [1.82, 2.24) is 10.6 Å². The first kappa shape index (κ1) is 12.7. The molecule has 19 heavy (non-hydrogen) atoms. The Morgan fingerprint density at radius 1 is 1.26 bits per heavy atom. The highest BCUT2D eigenvalue weighted by atomic mass is 16.1. The number of hydrogen-bond acceptors (Lipinski definition) is 2. The van der Waals surface area contributed by atoms with Gasteiger partial charge in [0.1, 0.15) is 0 Å². The first-order chi connectivity index (χ1) is 9.33. The number of rotatable bonds is 3. The van der Waals surface area contributed by atoms with Gasteiger partial charge < -0.3 is 10.6 Å². The number of fused-ring (bicyclic) bond motifs is 1. The summed E-state index contributed by atoms with van der Waals surface area (Å²) in [4.78, 5) is 12.1. The van der Waals surface area contributed by atoms with E-state index in [9.17, 15) is 4.79 Å². The smallest absolute Gasteiger partial charge is 0.222 e. The van der Waals surface area contributed by atoms with Crippen LogP contribution < -0.4 is 10.6 Å². The van der Waals surface area contributed by atoms with Gasteiger partial charge in [0, 0.05) is 12.5 Å². The molecule has 0 radical (unpaired) electrons. The highest BCUT2D eigenvalue weighted by molar-refractivity contribution is 5.77. The minimum absolute atomic E-state index is 0.195. The average molecular weight is 258 g/mol. The van der Waals surface area contributed by atoms with Crippen molar-refractivity contribution in [1.29, 1.82) is 0 Å². The number of aryl methyl sites for hydroxylation is 1. The van der Waals surface area contributed by atoms with Crippen LogP contribution in [0.25, 0.3) is 0 Å². The van der Waals surface area contributed by atoms with E-state index in [2.05, 4.69) is 34.9 Å². The Hall–Kier alpha value is -1.35. The zero-order valence-corrected chi connectivity index (χ0v) is 11.3. The molecule has 3 rings (SSSR count). The molecule has 1 aromatic carbocycles. The molecule has 1 aliphatic heterocycles. The van der Waals surface area contributed by atoms with Gasteiger partial charge in [-0.15, -0.1) is 0 Å². The Balaban J connectivity index is 1.62. The van der Waals surface area contributed by atoms with Crippen LogP contribution in [-0.4, -0.2) is 18.5 Å². The van der Waals surface area contributed by atoms with Gasteiger partial charge in [0.2, 0.25) is 5.91 Å². The molecule has 1 fully saturated rings. The standard InChI is InChI=1S/C16H22N2O/c19-16(11-13-7-4-10-17-13)18-15-9-3-6-12-5-1-2-8-14(12)15/h1-2,5,8,13,15,17H,3-4,6-7,9-11H2,(H,18,19). The van der Waals surface area contributed by atoms with Gasteiger partial charge in [-0.25, -0.2) is 0 Å². The van der Waals surface area contributed by atoms with Gasteiger partial charge in [0.15, 0.2) is 0 Å². The van der Waals surface area contributed by atoms with E-state index >= 15 is 0 Å². The van der Waals surface area contributed by atoms with Crippen molar-refractivity contribution in [3.8, 4) is 0 Å². The fourth-order valence-corrected chi connectivity index (χ4v) is 3.31. The Labute approximate surface area is 114 Å². The second-order valence-electron chi connectivity index (χ2n) is 5.71. The molecule has 0 spiro atoms. The van der Waals surface area contributed by atoms with Crippen molar-refractivity contribution in [3.05, 3.63) is 35.4 Å². The third-order valence-corrected chi connectivity index (χ3v) is 4.30. The lowest BCUT2D eigenvalue weighted by Gasteiger charge is -2.26. The van der Waals surface area contributed by atoms with Gasteiger partial charge in [-0.05, 0) is 49.8 Å². The SMILES string of the molecule is O=C(CC1CCCN1)NC1CCCc2ccccc21. The molecule has 0 aromatic heterocycles. The number of carbonyl (C=O) groups is 1. The normalized spacial score (nSPS) is 25.9. The van der Waals surface area contributed by atoms with Crippen LogP contribution in [0.1, 0.15) is 49.3 Å². The predicted octanol–water partition coefficient (Wildman–Crippen LogP) is 2.32. The maximum atomic E-state index is 12.1. The second kappa shape index (κ2) is 5.74. The van der Waals surface area contributed by atoms with E-state index in [0.717, 1.165) is 25.8 Å². The van der Waals surface area contributed by atoms with E-state index in [1.54, 1.807) is 0 Å². The molecule has 3 heteroatoms. The fraction of sp³-hybridized carbons (Fsp3) is 0.562. The third kappa shape index (κ3) is 2.98. The summed E-state index contributed by atoms with van der Waals surface area (Å²) in [7, 11) is 0. The van der Waals surface area contributed by atoms with Crippen LogP contribution in [-0.2, 0) is 11.2 Å². The quantitative estimate of drug-likeness (QED) is 0.873. The zero-order chi connectivity index (χ0) is 13.1. The molecule has 1 amide bonds. The summed E-state index contributed by atoms with van der Waals surface area (Å²) in [6.45, 7) is 1.06. The highest BCUT2D eigenvalue weighted by Crippen LogP contribution is 2.29. The number of nitrogens with one attached hydrogen (secondary N) is 2. The van der Waals surface area contributed by atoms with Gasteiger partial charge in [-0.2, -0.15) is 0 Å². The molecule has 0 saturated carbocycles. The minimum Gasteiger partial charge on any atom is -0.349 e. The molecule has 3 nitrogen and oxygen atoms in total. The van der Waals surface area contributed by atoms with Crippen LogP contribution in [0.4, 0.5) is 0 Å². The third-order valence-electron chi connectivity index (χ3n) is 4.30. The molecule has 102 valence electrons. The molecule has 2 atom stereocenters. The zero-order valence-electron chi connectivity index (χ0n) is 11.3. The summed E-state index contributed by atoms with van der Waals surface area (Å²) in [6, 6.07) is 9.12. The van der Waals surface area contributed by atoms with Crippen LogP contribution in [0, 0.1) is 0 Å². The van der Waals surface area contributed by atoms with Crippen LogP contribution in [0.5, 0.6) is 0 Å². The van der Waals surface area contributed by atoms with E-state index in [1.807, 2.05) is 0 Å². The first-order valence-electron chi connectivity index (χ1n) is 7.43. The number of amides is 1. The summed E-state index contributed by atoms with van der Waals surface area (Å²) in [6.07, 6.45) is 6.34. The van der Waals surface area contributed by atoms with Crippen LogP contribution in [0.2, 0.25) is 0 Å². The molecular formula is C16H22N2O. The first-order valence-corrected chi connectivity index (χ1v) is 7.43. The Kier molecular flexibility index (Phi) is 3.83. The van der Waals surface area contributed by atoms with Crippen LogP contribution in [0.15, 0.2) is 24.3 Å². The predicted molar refractivity (Wildman–Crippen MR) is 75.9 cm³/mol. The Morgan fingerprint density at radius 2 is 2.16 bits per heavy atom. The molecule has 1 aliphatic carbocycles. The Morgan fingerprint density at radius 3 is 3.00 bits per heavy atom. The van der Waals surface area contributed by atoms with Gasteiger partial charge in [0.25, 0.3) is 0 Å². The molecule has 1 heterocycles. The van der Waals surface area contributed by atoms with Crippen molar-refractivity contribution >= 4 is 5.91 Å². The van der Waals surface area contributed by atoms with Gasteiger partial charge in [0.05, 0.1) is 6.04 Å². The van der Waals surface area contributed by atoms with Gasteiger partial charge in [-0.3, -0.25) is 4.79 Å². The van der Waals surface area contributed by atoms with E-state index in [-0.39, 0.29) is 11.9 Å². The van der Waals surface area contributed by atoms with E-state index < -0.39 is 0 Å². The van der Waals surface area contributed by atoms with Crippen LogP contribution in [0.3, 0.4) is 0 Å². The van der Waals surface area contributed by atoms with E-state index in [1.165, 1.54) is 24.0 Å². The van der Waals surface area contributed by atoms with Crippen LogP contribution >= 0.6 is 0 Å². The number of benzene rings is 1. The van der Waals surface area contributed by atoms with Crippen molar-refractivity contribution in [2.24, 2.45) is 0 Å². The summed E-state index contributed by atoms with van der Waals surface area (Å²) in [5, 5.41) is 6.61. The van der Waals surface area contributed by atoms with E-state index in [0.29, 0.717) is 12.5 Å². The molecule has 1 saturated heterocycles. The monoisotopic (exact) mass is 258 g/mol. The minimum atomic E-state index is 0.195. The largest absolute Gasteiger partial charge is 0.349 e. The maximum absolute atomic E-state index is 12.1. The summed E-state index contributed by atoms with van der Waals surface area (Å²) >= 11 is 0. The van der Waals surface area contributed by atoms with Crippen molar-refractivity contribution in [2.75, 3.05) is 6.54 Å². The molecule has 1 aromatic rings. The highest BCUT2D eigenvalue weighted by Gasteiger charge is 2.23. The van der Waals surface area contributed by atoms with Crippen molar-refractivity contribution in [3.63, 3.8) is 0 Å². The molecule has 2 aliphatic rings. The number of carbonyl (C=O) groups excluding carboxylic acids is 1. The topological polar surface area (TPSA) is 41.1 Å².